The molecule has 0 radical (unpaired) electrons. The number of fused-ring (bicyclic) bond motifs is 1. The van der Waals surface area contributed by atoms with Gasteiger partial charge in [-0.25, -0.2) is 0 Å². The summed E-state index contributed by atoms with van der Waals surface area (Å²) in [5, 5.41) is 23.2. The highest BCUT2D eigenvalue weighted by Gasteiger charge is 2.19. The summed E-state index contributed by atoms with van der Waals surface area (Å²) in [5.74, 6) is -0.312. The molecule has 0 unspecified atom stereocenters. The Morgan fingerprint density at radius 2 is 1.13 bits per heavy atom. The van der Waals surface area contributed by atoms with E-state index in [4.69, 9.17) is 0 Å². The fraction of sp³-hybridized carbons (Fsp3) is 0.0816. The summed E-state index contributed by atoms with van der Waals surface area (Å²) in [7, 11) is 0. The average Bonchev–Trinajstić information content (AvgIpc) is 3.19. The molecule has 0 heterocycles. The summed E-state index contributed by atoms with van der Waals surface area (Å²) in [6.45, 7) is 3.96. The molecule has 0 aromatic heterocycles. The third kappa shape index (κ3) is 5.88. The van der Waals surface area contributed by atoms with E-state index in [2.05, 4.69) is 132 Å². The molecule has 0 aliphatic heterocycles. The van der Waals surface area contributed by atoms with Crippen LogP contribution >= 0.6 is 0 Å². The van der Waals surface area contributed by atoms with Gasteiger partial charge in [-0.1, -0.05) is 115 Å². The number of phenolic OH excluding ortho intramolecular Hbond substituents is 1. The van der Waals surface area contributed by atoms with Crippen molar-refractivity contribution in [1.82, 2.24) is 0 Å². The van der Waals surface area contributed by atoms with Gasteiger partial charge in [-0.15, -0.1) is 0 Å². The summed E-state index contributed by atoms with van der Waals surface area (Å²) in [5.41, 5.74) is 8.73. The van der Waals surface area contributed by atoms with Crippen molar-refractivity contribution in [2.24, 2.45) is 0 Å². The van der Waals surface area contributed by atoms with Crippen molar-refractivity contribution >= 4 is 71.7 Å². The summed E-state index contributed by atoms with van der Waals surface area (Å²) < 4.78 is 0. The number of anilines is 4. The molecule has 53 heavy (non-hydrogen) atoms. The van der Waals surface area contributed by atoms with Crippen LogP contribution in [0.15, 0.2) is 158 Å². The van der Waals surface area contributed by atoms with E-state index in [1.807, 2.05) is 43.3 Å². The van der Waals surface area contributed by atoms with Crippen LogP contribution in [0.3, 0.4) is 0 Å². The summed E-state index contributed by atoms with van der Waals surface area (Å²) in [6.07, 6.45) is 1.76. The van der Waals surface area contributed by atoms with Gasteiger partial charge in [-0.05, 0) is 130 Å². The number of rotatable bonds is 8. The van der Waals surface area contributed by atoms with Gasteiger partial charge in [0.25, 0.3) is 5.91 Å². The van der Waals surface area contributed by atoms with Crippen molar-refractivity contribution in [3.8, 4) is 5.75 Å². The molecular formula is C49H38N2O2. The lowest BCUT2D eigenvalue weighted by Crippen LogP contribution is -2.12. The van der Waals surface area contributed by atoms with Gasteiger partial charge in [-0.2, -0.15) is 0 Å². The van der Waals surface area contributed by atoms with Crippen LogP contribution in [0.1, 0.15) is 32.6 Å². The number of nitrogens with one attached hydrogen (secondary N) is 1. The number of hydrogen-bond donors (Lipinski definition) is 2. The molecule has 4 nitrogen and oxygen atoms in total. The highest BCUT2D eigenvalue weighted by molar-refractivity contribution is 6.25. The Kier molecular flexibility index (Phi) is 8.01. The minimum Gasteiger partial charge on any atom is -0.507 e. The molecule has 0 atom stereocenters. The van der Waals surface area contributed by atoms with Crippen molar-refractivity contribution in [3.05, 3.63) is 186 Å². The maximum Gasteiger partial charge on any atom is 0.259 e. The number of aromatic hydroxyl groups is 1. The summed E-state index contributed by atoms with van der Waals surface area (Å²) in [4.78, 5) is 15.5. The molecule has 9 rings (SSSR count). The number of amides is 1. The molecule has 0 spiro atoms. The predicted molar refractivity (Wildman–Crippen MR) is 222 cm³/mol. The minimum absolute atomic E-state index is 0.0155. The van der Waals surface area contributed by atoms with E-state index < -0.39 is 0 Å². The van der Waals surface area contributed by atoms with Gasteiger partial charge in [0.1, 0.15) is 5.75 Å². The highest BCUT2D eigenvalue weighted by Crippen LogP contribution is 2.44. The Morgan fingerprint density at radius 1 is 0.566 bits per heavy atom. The fourth-order valence-corrected chi connectivity index (χ4v) is 7.78. The Hall–Kier alpha value is -6.65. The largest absolute Gasteiger partial charge is 0.507 e. The number of benzene rings is 9. The molecular weight excluding hydrogens is 649 g/mol. The van der Waals surface area contributed by atoms with Crippen LogP contribution < -0.4 is 10.2 Å². The van der Waals surface area contributed by atoms with Crippen LogP contribution in [0.4, 0.5) is 22.7 Å². The first kappa shape index (κ1) is 32.3. The van der Waals surface area contributed by atoms with Crippen LogP contribution in [0.25, 0.3) is 43.1 Å². The van der Waals surface area contributed by atoms with Crippen LogP contribution in [0.2, 0.25) is 0 Å². The van der Waals surface area contributed by atoms with Crippen LogP contribution in [0, 0.1) is 13.8 Å². The van der Waals surface area contributed by atoms with Crippen molar-refractivity contribution in [1.29, 1.82) is 0 Å². The van der Waals surface area contributed by atoms with Gasteiger partial charge in [0.15, 0.2) is 0 Å². The topological polar surface area (TPSA) is 52.6 Å². The normalized spacial score (nSPS) is 11.5. The second-order valence-electron chi connectivity index (χ2n) is 14.0. The molecule has 0 aliphatic carbocycles. The smallest absolute Gasteiger partial charge is 0.259 e. The Labute approximate surface area is 308 Å². The molecule has 0 saturated carbocycles. The van der Waals surface area contributed by atoms with E-state index in [1.165, 1.54) is 49.0 Å². The minimum atomic E-state index is -0.328. The summed E-state index contributed by atoms with van der Waals surface area (Å²) >= 11 is 0. The maximum atomic E-state index is 13.2. The van der Waals surface area contributed by atoms with E-state index >= 15 is 0 Å². The van der Waals surface area contributed by atoms with E-state index in [9.17, 15) is 9.90 Å². The third-order valence-corrected chi connectivity index (χ3v) is 10.7. The molecule has 9 aromatic carbocycles. The second-order valence-corrected chi connectivity index (χ2v) is 14.0. The highest BCUT2D eigenvalue weighted by atomic mass is 16.3. The second kappa shape index (κ2) is 13.2. The quantitative estimate of drug-likeness (QED) is 0.156. The maximum absolute atomic E-state index is 13.2. The van der Waals surface area contributed by atoms with Gasteiger partial charge in [0.05, 0.1) is 11.3 Å². The number of nitrogens with zero attached hydrogens (tertiary/aromatic N) is 1. The molecule has 9 aromatic rings. The lowest BCUT2D eigenvalue weighted by Gasteiger charge is -2.28. The number of carbonyl (C=O) groups is 1. The van der Waals surface area contributed by atoms with Crippen molar-refractivity contribution in [3.63, 3.8) is 0 Å². The predicted octanol–water partition coefficient (Wildman–Crippen LogP) is 12.6. The number of hydrogen-bond acceptors (Lipinski definition) is 3. The zero-order valence-electron chi connectivity index (χ0n) is 29.7. The lowest BCUT2D eigenvalue weighted by atomic mass is 9.93. The number of carbonyl (C=O) groups excluding carboxylic acids is 1. The lowest BCUT2D eigenvalue weighted by molar-refractivity contribution is 0.102. The molecule has 0 saturated heterocycles. The first-order valence-electron chi connectivity index (χ1n) is 18.2. The molecule has 0 fully saturated rings. The fourth-order valence-electron chi connectivity index (χ4n) is 7.78. The van der Waals surface area contributed by atoms with Gasteiger partial charge in [0, 0.05) is 22.4 Å². The molecule has 0 bridgehead atoms. The zero-order chi connectivity index (χ0) is 36.1. The van der Waals surface area contributed by atoms with Crippen LogP contribution in [-0.2, 0) is 12.8 Å². The Balaban J connectivity index is 0.950. The summed E-state index contributed by atoms with van der Waals surface area (Å²) in [6, 6.07) is 55.3. The first-order chi connectivity index (χ1) is 25.9. The van der Waals surface area contributed by atoms with E-state index in [-0.39, 0.29) is 17.2 Å². The Bertz CT molecular complexity index is 2770. The zero-order valence-corrected chi connectivity index (χ0v) is 29.7. The SMILES string of the molecule is Cc1ccc(N(c2ccc(CCc3ccc(NC(=O)c4cc5ccccc5c(C)c4O)cc3)cc2)c2ccc3ccc4cccc5ccc2c3c45)cc1. The number of phenols is 1. The van der Waals surface area contributed by atoms with Crippen LogP contribution in [0.5, 0.6) is 5.75 Å². The van der Waals surface area contributed by atoms with E-state index in [0.29, 0.717) is 11.3 Å². The van der Waals surface area contributed by atoms with Gasteiger partial charge in [-0.3, -0.25) is 4.79 Å². The standard InChI is InChI=1S/C49H38N2O2/c1-31-10-24-40(25-11-31)51(45-29-21-37-19-18-35-7-5-8-36-20-28-43(45)47(37)46(35)36)41-26-16-34(17-27-41)13-12-33-14-22-39(23-15-33)50-49(53)44-30-38-6-3-4-9-42(38)32(2)48(44)52/h3-11,14-30,52H,12-13H2,1-2H3,(H,50,53). The van der Waals surface area contributed by atoms with E-state index in [0.717, 1.165) is 40.7 Å². The van der Waals surface area contributed by atoms with Gasteiger partial charge >= 0.3 is 0 Å². The monoisotopic (exact) mass is 686 g/mol. The first-order valence-corrected chi connectivity index (χ1v) is 18.2. The van der Waals surface area contributed by atoms with E-state index in [1.54, 1.807) is 6.07 Å². The van der Waals surface area contributed by atoms with Crippen LogP contribution in [-0.4, -0.2) is 11.0 Å². The van der Waals surface area contributed by atoms with Gasteiger partial charge in [0.2, 0.25) is 0 Å². The van der Waals surface area contributed by atoms with Crippen molar-refractivity contribution in [2.45, 2.75) is 26.7 Å². The molecule has 1 amide bonds. The average molecular weight is 687 g/mol. The van der Waals surface area contributed by atoms with Crippen molar-refractivity contribution < 1.29 is 9.90 Å². The molecule has 0 aliphatic rings. The molecule has 256 valence electrons. The number of aryl methyl sites for hydroxylation is 4. The Morgan fingerprint density at radius 3 is 1.83 bits per heavy atom. The third-order valence-electron chi connectivity index (χ3n) is 10.7. The molecule has 4 heteroatoms. The van der Waals surface area contributed by atoms with Gasteiger partial charge < -0.3 is 15.3 Å². The molecule has 2 N–H and O–H groups in total. The van der Waals surface area contributed by atoms with Crippen molar-refractivity contribution in [2.75, 3.05) is 10.2 Å².